The van der Waals surface area contributed by atoms with Crippen LogP contribution >= 0.6 is 11.6 Å². The van der Waals surface area contributed by atoms with E-state index in [-0.39, 0.29) is 5.82 Å². The maximum atomic E-state index is 14.0. The fraction of sp³-hybridized carbons (Fsp3) is 0.538. The first-order valence-electron chi connectivity index (χ1n) is 6.46. The quantitative estimate of drug-likeness (QED) is 0.883. The van der Waals surface area contributed by atoms with E-state index in [9.17, 15) is 4.39 Å². The number of piperazine rings is 1. The number of rotatable bonds is 3. The molecule has 0 atom stereocenters. The summed E-state index contributed by atoms with van der Waals surface area (Å²) in [5, 5.41) is 7.12. The lowest BCUT2D eigenvalue weighted by Crippen LogP contribution is -2.44. The molecule has 1 aromatic rings. The van der Waals surface area contributed by atoms with Crippen molar-refractivity contribution in [3.63, 3.8) is 0 Å². The third-order valence-electron chi connectivity index (χ3n) is 3.44. The van der Waals surface area contributed by atoms with Crippen LogP contribution in [-0.2, 0) is 0 Å². The lowest BCUT2D eigenvalue weighted by atomic mass is 10.2. The number of nitrogens with zero attached hydrogens (tertiary/aromatic N) is 1. The molecule has 1 aliphatic carbocycles. The maximum Gasteiger partial charge on any atom is 0.148 e. The Kier molecular flexibility index (Phi) is 3.31. The van der Waals surface area contributed by atoms with Gasteiger partial charge in [-0.25, -0.2) is 4.39 Å². The molecule has 1 saturated heterocycles. The first kappa shape index (κ1) is 12.1. The van der Waals surface area contributed by atoms with Crippen molar-refractivity contribution in [3.05, 3.63) is 23.0 Å². The van der Waals surface area contributed by atoms with Crippen molar-refractivity contribution in [1.82, 2.24) is 5.32 Å². The summed E-state index contributed by atoms with van der Waals surface area (Å²) in [6, 6.07) is 3.76. The van der Waals surface area contributed by atoms with Crippen molar-refractivity contribution in [1.29, 1.82) is 0 Å². The van der Waals surface area contributed by atoms with E-state index in [0.717, 1.165) is 31.9 Å². The maximum absolute atomic E-state index is 14.0. The summed E-state index contributed by atoms with van der Waals surface area (Å²) in [7, 11) is 0. The summed E-state index contributed by atoms with van der Waals surface area (Å²) in [6.07, 6.45) is 2.35. The topological polar surface area (TPSA) is 27.3 Å². The third kappa shape index (κ3) is 2.40. The predicted molar refractivity (Wildman–Crippen MR) is 73.1 cm³/mol. The van der Waals surface area contributed by atoms with Gasteiger partial charge in [-0.3, -0.25) is 0 Å². The summed E-state index contributed by atoms with van der Waals surface area (Å²) in [5.74, 6) is -0.233. The Labute approximate surface area is 111 Å². The van der Waals surface area contributed by atoms with Crippen molar-refractivity contribution in [2.45, 2.75) is 18.9 Å². The number of hydrogen-bond donors (Lipinski definition) is 2. The van der Waals surface area contributed by atoms with Gasteiger partial charge in [-0.1, -0.05) is 11.6 Å². The predicted octanol–water partition coefficient (Wildman–Crippen LogP) is 2.46. The molecule has 0 aromatic heterocycles. The minimum atomic E-state index is -0.233. The van der Waals surface area contributed by atoms with E-state index in [0.29, 0.717) is 16.8 Å². The number of hydrogen-bond acceptors (Lipinski definition) is 3. The van der Waals surface area contributed by atoms with Crippen LogP contribution in [0.5, 0.6) is 0 Å². The zero-order chi connectivity index (χ0) is 12.5. The highest BCUT2D eigenvalue weighted by Gasteiger charge is 2.25. The molecular weight excluding hydrogens is 253 g/mol. The second kappa shape index (κ2) is 4.94. The van der Waals surface area contributed by atoms with Crippen LogP contribution in [0.25, 0.3) is 0 Å². The van der Waals surface area contributed by atoms with Crippen molar-refractivity contribution < 1.29 is 4.39 Å². The number of halogens is 2. The Morgan fingerprint density at radius 1 is 1.28 bits per heavy atom. The average molecular weight is 270 g/mol. The van der Waals surface area contributed by atoms with Crippen LogP contribution < -0.4 is 15.5 Å². The third-order valence-corrected chi connectivity index (χ3v) is 3.82. The van der Waals surface area contributed by atoms with Gasteiger partial charge in [-0.05, 0) is 25.0 Å². The molecule has 0 amide bonds. The molecule has 0 radical (unpaired) electrons. The largest absolute Gasteiger partial charge is 0.381 e. The Hall–Kier alpha value is -1.00. The van der Waals surface area contributed by atoms with Crippen LogP contribution in [0, 0.1) is 5.82 Å². The molecule has 1 heterocycles. The van der Waals surface area contributed by atoms with Crippen LogP contribution in [0.15, 0.2) is 12.1 Å². The highest BCUT2D eigenvalue weighted by Crippen LogP contribution is 2.37. The van der Waals surface area contributed by atoms with E-state index in [1.54, 1.807) is 6.07 Å². The van der Waals surface area contributed by atoms with Crippen LogP contribution in [0.1, 0.15) is 12.8 Å². The molecule has 2 aliphatic rings. The molecule has 3 nitrogen and oxygen atoms in total. The van der Waals surface area contributed by atoms with Crippen LogP contribution in [-0.4, -0.2) is 32.2 Å². The van der Waals surface area contributed by atoms with E-state index in [1.807, 2.05) is 4.90 Å². The van der Waals surface area contributed by atoms with Gasteiger partial charge in [0.2, 0.25) is 0 Å². The normalized spacial score (nSPS) is 20.0. The Bertz CT molecular complexity index is 442. The van der Waals surface area contributed by atoms with Gasteiger partial charge < -0.3 is 15.5 Å². The summed E-state index contributed by atoms with van der Waals surface area (Å²) in [5.41, 5.74) is 1.40. The van der Waals surface area contributed by atoms with E-state index < -0.39 is 0 Å². The molecule has 2 fully saturated rings. The van der Waals surface area contributed by atoms with Gasteiger partial charge >= 0.3 is 0 Å². The first-order valence-corrected chi connectivity index (χ1v) is 6.83. The monoisotopic (exact) mass is 269 g/mol. The molecule has 1 aliphatic heterocycles. The lowest BCUT2D eigenvalue weighted by Gasteiger charge is -2.31. The van der Waals surface area contributed by atoms with Crippen molar-refractivity contribution >= 4 is 23.0 Å². The molecule has 3 rings (SSSR count). The molecule has 1 saturated carbocycles. The van der Waals surface area contributed by atoms with E-state index >= 15 is 0 Å². The molecule has 98 valence electrons. The fourth-order valence-electron chi connectivity index (χ4n) is 2.28. The Morgan fingerprint density at radius 2 is 2.00 bits per heavy atom. The van der Waals surface area contributed by atoms with Gasteiger partial charge in [0.05, 0.1) is 16.4 Å². The average Bonchev–Trinajstić information content (AvgIpc) is 3.18. The molecular formula is C13H17ClFN3. The van der Waals surface area contributed by atoms with Crippen molar-refractivity contribution in [2.24, 2.45) is 0 Å². The minimum Gasteiger partial charge on any atom is -0.381 e. The fourth-order valence-corrected chi connectivity index (χ4v) is 2.61. The molecule has 0 bridgehead atoms. The summed E-state index contributed by atoms with van der Waals surface area (Å²) < 4.78 is 14.0. The van der Waals surface area contributed by atoms with Gasteiger partial charge in [0.15, 0.2) is 0 Å². The summed E-state index contributed by atoms with van der Waals surface area (Å²) in [4.78, 5) is 2.02. The van der Waals surface area contributed by atoms with Gasteiger partial charge in [-0.15, -0.1) is 0 Å². The van der Waals surface area contributed by atoms with Crippen LogP contribution in [0.2, 0.25) is 5.02 Å². The second-order valence-electron chi connectivity index (χ2n) is 4.91. The lowest BCUT2D eigenvalue weighted by molar-refractivity contribution is 0.566. The van der Waals surface area contributed by atoms with E-state index in [1.165, 1.54) is 18.9 Å². The zero-order valence-electron chi connectivity index (χ0n) is 10.2. The summed E-state index contributed by atoms with van der Waals surface area (Å²) >= 11 is 6.35. The molecule has 2 N–H and O–H groups in total. The van der Waals surface area contributed by atoms with Gasteiger partial charge in [0, 0.05) is 32.2 Å². The highest BCUT2D eigenvalue weighted by atomic mass is 35.5. The van der Waals surface area contributed by atoms with E-state index in [2.05, 4.69) is 10.6 Å². The van der Waals surface area contributed by atoms with Crippen molar-refractivity contribution in [3.8, 4) is 0 Å². The molecule has 5 heteroatoms. The standard InChI is InChI=1S/C13H17ClFN3/c14-12-11(17-9-1-2-9)4-3-10(15)13(12)18-7-5-16-6-8-18/h3-4,9,16-17H,1-2,5-8H2. The van der Waals surface area contributed by atoms with Crippen molar-refractivity contribution in [2.75, 3.05) is 36.4 Å². The number of nitrogens with one attached hydrogen (secondary N) is 2. The zero-order valence-corrected chi connectivity index (χ0v) is 10.9. The van der Waals surface area contributed by atoms with Gasteiger partial charge in [-0.2, -0.15) is 0 Å². The van der Waals surface area contributed by atoms with Gasteiger partial charge in [0.1, 0.15) is 5.82 Å². The molecule has 0 unspecified atom stereocenters. The smallest absolute Gasteiger partial charge is 0.148 e. The van der Waals surface area contributed by atoms with Crippen LogP contribution in [0.4, 0.5) is 15.8 Å². The minimum absolute atomic E-state index is 0.233. The second-order valence-corrected chi connectivity index (χ2v) is 5.29. The summed E-state index contributed by atoms with van der Waals surface area (Å²) in [6.45, 7) is 3.33. The molecule has 18 heavy (non-hydrogen) atoms. The molecule has 1 aromatic carbocycles. The Balaban J connectivity index is 1.89. The number of benzene rings is 1. The Morgan fingerprint density at radius 3 is 2.67 bits per heavy atom. The SMILES string of the molecule is Fc1ccc(NC2CC2)c(Cl)c1N1CCNCC1. The van der Waals surface area contributed by atoms with Gasteiger partial charge in [0.25, 0.3) is 0 Å². The highest BCUT2D eigenvalue weighted by molar-refractivity contribution is 6.36. The first-order chi connectivity index (χ1) is 8.75. The van der Waals surface area contributed by atoms with Crippen LogP contribution in [0.3, 0.4) is 0 Å². The van der Waals surface area contributed by atoms with E-state index in [4.69, 9.17) is 11.6 Å². The number of anilines is 2. The molecule has 0 spiro atoms.